The third-order valence-electron chi connectivity index (χ3n) is 2.36. The number of halogens is 1. The van der Waals surface area contributed by atoms with Crippen molar-refractivity contribution in [2.24, 2.45) is 0 Å². The standard InChI is InChI=1S/C12H17FO3/c1-9-3-4-10(13)7-11(9)12(8-14)16-6-5-15-2/h3-4,7,12,14H,5-6,8H2,1-2H3. The van der Waals surface area contributed by atoms with Crippen LogP contribution in [0.3, 0.4) is 0 Å². The minimum Gasteiger partial charge on any atom is -0.393 e. The van der Waals surface area contributed by atoms with Crippen molar-refractivity contribution in [2.45, 2.75) is 13.0 Å². The molecule has 0 amide bonds. The van der Waals surface area contributed by atoms with Gasteiger partial charge in [-0.25, -0.2) is 4.39 Å². The van der Waals surface area contributed by atoms with Gasteiger partial charge in [-0.1, -0.05) is 6.07 Å². The van der Waals surface area contributed by atoms with Crippen LogP contribution in [0.1, 0.15) is 17.2 Å². The number of hydrogen-bond acceptors (Lipinski definition) is 3. The topological polar surface area (TPSA) is 38.7 Å². The highest BCUT2D eigenvalue weighted by Crippen LogP contribution is 2.21. The Bertz CT molecular complexity index is 328. The number of methoxy groups -OCH3 is 1. The molecule has 16 heavy (non-hydrogen) atoms. The van der Waals surface area contributed by atoms with Crippen molar-refractivity contribution in [1.82, 2.24) is 0 Å². The van der Waals surface area contributed by atoms with Gasteiger partial charge in [0.05, 0.1) is 19.8 Å². The van der Waals surface area contributed by atoms with E-state index in [1.807, 2.05) is 6.92 Å². The van der Waals surface area contributed by atoms with Crippen LogP contribution in [0.4, 0.5) is 4.39 Å². The van der Waals surface area contributed by atoms with Crippen LogP contribution in [0.25, 0.3) is 0 Å². The van der Waals surface area contributed by atoms with Crippen LogP contribution in [0.15, 0.2) is 18.2 Å². The van der Waals surface area contributed by atoms with Gasteiger partial charge in [0, 0.05) is 7.11 Å². The molecule has 0 aromatic heterocycles. The van der Waals surface area contributed by atoms with Gasteiger partial charge in [-0.05, 0) is 30.2 Å². The molecule has 3 nitrogen and oxygen atoms in total. The lowest BCUT2D eigenvalue weighted by atomic mass is 10.0. The number of rotatable bonds is 6. The second kappa shape index (κ2) is 6.58. The molecule has 1 aromatic carbocycles. The van der Waals surface area contributed by atoms with Gasteiger partial charge in [-0.15, -0.1) is 0 Å². The van der Waals surface area contributed by atoms with E-state index < -0.39 is 6.10 Å². The van der Waals surface area contributed by atoms with Crippen LogP contribution in [-0.4, -0.2) is 32.0 Å². The van der Waals surface area contributed by atoms with Gasteiger partial charge in [0.25, 0.3) is 0 Å². The first-order chi connectivity index (χ1) is 7.69. The molecule has 1 rings (SSSR count). The molecule has 4 heteroatoms. The molecule has 0 heterocycles. The Morgan fingerprint density at radius 1 is 1.38 bits per heavy atom. The molecule has 0 saturated carbocycles. The molecule has 0 aliphatic heterocycles. The first-order valence-corrected chi connectivity index (χ1v) is 5.16. The summed E-state index contributed by atoms with van der Waals surface area (Å²) in [6.07, 6.45) is -0.495. The molecule has 1 atom stereocenters. The summed E-state index contributed by atoms with van der Waals surface area (Å²) >= 11 is 0. The molecule has 1 N–H and O–H groups in total. The minimum atomic E-state index is -0.495. The zero-order chi connectivity index (χ0) is 12.0. The van der Waals surface area contributed by atoms with Crippen LogP contribution >= 0.6 is 0 Å². The molecule has 0 aliphatic rings. The van der Waals surface area contributed by atoms with E-state index in [-0.39, 0.29) is 12.4 Å². The van der Waals surface area contributed by atoms with E-state index in [9.17, 15) is 9.50 Å². The fourth-order valence-electron chi connectivity index (χ4n) is 1.47. The summed E-state index contributed by atoms with van der Waals surface area (Å²) < 4.78 is 23.3. The van der Waals surface area contributed by atoms with Gasteiger partial charge in [0.1, 0.15) is 11.9 Å². The summed E-state index contributed by atoms with van der Waals surface area (Å²) in [7, 11) is 1.57. The van der Waals surface area contributed by atoms with Crippen LogP contribution < -0.4 is 0 Å². The summed E-state index contributed by atoms with van der Waals surface area (Å²) in [6.45, 7) is 2.51. The van der Waals surface area contributed by atoms with Crippen molar-refractivity contribution in [1.29, 1.82) is 0 Å². The molecule has 0 spiro atoms. The van der Waals surface area contributed by atoms with Crippen LogP contribution in [0.2, 0.25) is 0 Å². The summed E-state index contributed by atoms with van der Waals surface area (Å²) in [5.41, 5.74) is 1.58. The Morgan fingerprint density at radius 2 is 2.12 bits per heavy atom. The fraction of sp³-hybridized carbons (Fsp3) is 0.500. The van der Waals surface area contributed by atoms with Crippen molar-refractivity contribution in [2.75, 3.05) is 26.9 Å². The van der Waals surface area contributed by atoms with E-state index in [4.69, 9.17) is 9.47 Å². The predicted molar refractivity (Wildman–Crippen MR) is 58.8 cm³/mol. The largest absolute Gasteiger partial charge is 0.393 e. The average Bonchev–Trinajstić information content (AvgIpc) is 2.28. The Morgan fingerprint density at radius 3 is 2.75 bits per heavy atom. The van der Waals surface area contributed by atoms with Gasteiger partial charge in [-0.3, -0.25) is 0 Å². The van der Waals surface area contributed by atoms with Crippen molar-refractivity contribution in [3.05, 3.63) is 35.1 Å². The predicted octanol–water partition coefficient (Wildman–Crippen LogP) is 1.83. The van der Waals surface area contributed by atoms with Crippen molar-refractivity contribution < 1.29 is 19.0 Å². The Hall–Kier alpha value is -0.970. The number of aliphatic hydroxyl groups is 1. The van der Waals surface area contributed by atoms with E-state index in [1.54, 1.807) is 13.2 Å². The Labute approximate surface area is 94.8 Å². The molecular formula is C12H17FO3. The van der Waals surface area contributed by atoms with Gasteiger partial charge < -0.3 is 14.6 Å². The first-order valence-electron chi connectivity index (χ1n) is 5.16. The van der Waals surface area contributed by atoms with Gasteiger partial charge in [0.2, 0.25) is 0 Å². The molecule has 0 fully saturated rings. The molecule has 1 aromatic rings. The third kappa shape index (κ3) is 3.56. The van der Waals surface area contributed by atoms with E-state index >= 15 is 0 Å². The maximum absolute atomic E-state index is 13.1. The highest BCUT2D eigenvalue weighted by atomic mass is 19.1. The van der Waals surface area contributed by atoms with Gasteiger partial charge in [-0.2, -0.15) is 0 Å². The fourth-order valence-corrected chi connectivity index (χ4v) is 1.47. The van der Waals surface area contributed by atoms with E-state index in [2.05, 4.69) is 0 Å². The zero-order valence-corrected chi connectivity index (χ0v) is 9.57. The highest BCUT2D eigenvalue weighted by molar-refractivity contribution is 5.28. The van der Waals surface area contributed by atoms with Crippen molar-refractivity contribution >= 4 is 0 Å². The summed E-state index contributed by atoms with van der Waals surface area (Å²) in [5.74, 6) is -0.325. The second-order valence-corrected chi connectivity index (χ2v) is 3.54. The SMILES string of the molecule is COCCOC(CO)c1cc(F)ccc1C. The number of benzene rings is 1. The number of aliphatic hydroxyl groups excluding tert-OH is 1. The van der Waals surface area contributed by atoms with E-state index in [0.717, 1.165) is 5.56 Å². The van der Waals surface area contributed by atoms with Gasteiger partial charge >= 0.3 is 0 Å². The van der Waals surface area contributed by atoms with Gasteiger partial charge in [0.15, 0.2) is 0 Å². The van der Waals surface area contributed by atoms with Crippen molar-refractivity contribution in [3.8, 4) is 0 Å². The smallest absolute Gasteiger partial charge is 0.123 e. The monoisotopic (exact) mass is 228 g/mol. The molecular weight excluding hydrogens is 211 g/mol. The average molecular weight is 228 g/mol. The quantitative estimate of drug-likeness (QED) is 0.755. The van der Waals surface area contributed by atoms with E-state index in [1.165, 1.54) is 12.1 Å². The minimum absolute atomic E-state index is 0.173. The maximum atomic E-state index is 13.1. The lowest BCUT2D eigenvalue weighted by Crippen LogP contribution is -2.13. The van der Waals surface area contributed by atoms with Crippen LogP contribution in [0, 0.1) is 12.7 Å². The summed E-state index contributed by atoms with van der Waals surface area (Å²) in [4.78, 5) is 0. The zero-order valence-electron chi connectivity index (χ0n) is 9.57. The molecule has 0 saturated heterocycles. The second-order valence-electron chi connectivity index (χ2n) is 3.54. The van der Waals surface area contributed by atoms with E-state index in [0.29, 0.717) is 18.8 Å². The number of aryl methyl sites for hydroxylation is 1. The van der Waals surface area contributed by atoms with Crippen LogP contribution in [-0.2, 0) is 9.47 Å². The third-order valence-corrected chi connectivity index (χ3v) is 2.36. The lowest BCUT2D eigenvalue weighted by Gasteiger charge is -2.17. The first kappa shape index (κ1) is 13.1. The molecule has 0 bridgehead atoms. The number of ether oxygens (including phenoxy) is 2. The normalized spacial score (nSPS) is 12.8. The summed E-state index contributed by atoms with van der Waals surface area (Å²) in [5, 5.41) is 9.21. The summed E-state index contributed by atoms with van der Waals surface area (Å²) in [6, 6.07) is 4.46. The number of hydrogen-bond donors (Lipinski definition) is 1. The molecule has 0 aliphatic carbocycles. The lowest BCUT2D eigenvalue weighted by molar-refractivity contribution is -0.0126. The molecule has 90 valence electrons. The Balaban J connectivity index is 2.73. The van der Waals surface area contributed by atoms with Crippen LogP contribution in [0.5, 0.6) is 0 Å². The maximum Gasteiger partial charge on any atom is 0.123 e. The van der Waals surface area contributed by atoms with Crippen molar-refractivity contribution in [3.63, 3.8) is 0 Å². The highest BCUT2D eigenvalue weighted by Gasteiger charge is 2.14. The molecule has 0 radical (unpaired) electrons. The molecule has 1 unspecified atom stereocenters. The Kier molecular flexibility index (Phi) is 5.38.